The number of H-pyrrole nitrogens is 1. The average molecular weight is 395 g/mol. The highest BCUT2D eigenvalue weighted by molar-refractivity contribution is 6.03. The molecule has 3 heterocycles. The van der Waals surface area contributed by atoms with Crippen molar-refractivity contribution in [1.82, 2.24) is 20.1 Å². The minimum Gasteiger partial charge on any atom is -0.393 e. The molecule has 150 valence electrons. The summed E-state index contributed by atoms with van der Waals surface area (Å²) in [6.45, 7) is 0.451. The van der Waals surface area contributed by atoms with Gasteiger partial charge in [-0.2, -0.15) is 5.10 Å². The number of pyridine rings is 1. The summed E-state index contributed by atoms with van der Waals surface area (Å²) in [6, 6.07) is 3.20. The number of aromatic nitrogens is 3. The van der Waals surface area contributed by atoms with Crippen LogP contribution in [-0.4, -0.2) is 67.4 Å². The number of aliphatic hydroxyl groups is 2. The van der Waals surface area contributed by atoms with Crippen LogP contribution < -0.4 is 5.32 Å². The maximum atomic E-state index is 12.6. The number of carbonyl (C=O) groups excluding carboxylic acids is 2. The van der Waals surface area contributed by atoms with Crippen LogP contribution in [0.1, 0.15) is 40.2 Å². The van der Waals surface area contributed by atoms with Crippen LogP contribution in [0.3, 0.4) is 0 Å². The van der Waals surface area contributed by atoms with Crippen LogP contribution in [0.5, 0.6) is 0 Å². The minimum atomic E-state index is -1.68. The van der Waals surface area contributed by atoms with Crippen LogP contribution in [0.4, 0.5) is 5.82 Å². The van der Waals surface area contributed by atoms with E-state index in [9.17, 15) is 19.8 Å². The van der Waals surface area contributed by atoms with Gasteiger partial charge in [-0.15, -0.1) is 0 Å². The van der Waals surface area contributed by atoms with Crippen LogP contribution in [0.15, 0.2) is 18.3 Å². The molecule has 9 nitrogen and oxygen atoms in total. The summed E-state index contributed by atoms with van der Waals surface area (Å²) in [6.07, 6.45) is 2.95. The lowest BCUT2D eigenvalue weighted by molar-refractivity contribution is -0.137. The second kappa shape index (κ2) is 7.31. The van der Waals surface area contributed by atoms with Gasteiger partial charge in [0.25, 0.3) is 11.8 Å². The van der Waals surface area contributed by atoms with Gasteiger partial charge in [0.2, 0.25) is 5.60 Å². The summed E-state index contributed by atoms with van der Waals surface area (Å²) in [7, 11) is 1.62. The Bertz CT molecular complexity index is 1040. The highest BCUT2D eigenvalue weighted by Crippen LogP contribution is 2.23. The molecule has 1 fully saturated rings. The highest BCUT2D eigenvalue weighted by Gasteiger charge is 2.42. The van der Waals surface area contributed by atoms with Crippen molar-refractivity contribution in [2.75, 3.05) is 18.9 Å². The number of rotatable bonds is 2. The number of aliphatic hydroxyl groups excluding tert-OH is 1. The van der Waals surface area contributed by atoms with Crippen LogP contribution in [0, 0.1) is 11.8 Å². The normalized spacial score (nSPS) is 23.3. The van der Waals surface area contributed by atoms with E-state index in [-0.39, 0.29) is 12.2 Å². The molecule has 2 aromatic heterocycles. The number of hydrogen-bond acceptors (Lipinski definition) is 6. The standard InChI is InChI=1S/C20H21N5O4/c1-25-9-7-20(29,19(25)28)6-4-12-5-8-21-16(10-12)22-18(27)17-14-3-2-13(26)11-15(14)23-24-17/h5,8,10,13,26,29H,2-3,7,9,11H2,1H3,(H,23,24)(H,21,22,27)/t13-,20+/m1/s1. The van der Waals surface area contributed by atoms with Crippen molar-refractivity contribution in [1.29, 1.82) is 0 Å². The third-order valence-electron chi connectivity index (χ3n) is 5.26. The fraction of sp³-hybridized carbons (Fsp3) is 0.400. The summed E-state index contributed by atoms with van der Waals surface area (Å²) in [4.78, 5) is 30.2. The lowest BCUT2D eigenvalue weighted by Gasteiger charge is -2.16. The average Bonchev–Trinajstić information content (AvgIpc) is 3.23. The number of nitrogens with zero attached hydrogens (tertiary/aromatic N) is 3. The van der Waals surface area contributed by atoms with E-state index in [1.807, 2.05) is 0 Å². The molecule has 0 radical (unpaired) electrons. The summed E-state index contributed by atoms with van der Waals surface area (Å²) in [5.74, 6) is 4.91. The number of likely N-dealkylation sites (N-methyl/N-ethyl adjacent to an activating group) is 1. The van der Waals surface area contributed by atoms with Gasteiger partial charge in [-0.25, -0.2) is 4.98 Å². The fourth-order valence-electron chi connectivity index (χ4n) is 3.57. The molecular weight excluding hydrogens is 374 g/mol. The molecule has 2 amide bonds. The van der Waals surface area contributed by atoms with Crippen LogP contribution in [0.2, 0.25) is 0 Å². The van der Waals surface area contributed by atoms with Crippen LogP contribution in [0.25, 0.3) is 0 Å². The molecule has 2 atom stereocenters. The second-order valence-electron chi connectivity index (χ2n) is 7.40. The number of fused-ring (bicyclic) bond motifs is 1. The molecule has 0 spiro atoms. The number of hydrogen-bond donors (Lipinski definition) is 4. The van der Waals surface area contributed by atoms with Crippen molar-refractivity contribution < 1.29 is 19.8 Å². The van der Waals surface area contributed by atoms with E-state index < -0.39 is 23.5 Å². The third-order valence-corrected chi connectivity index (χ3v) is 5.26. The van der Waals surface area contributed by atoms with E-state index in [4.69, 9.17) is 0 Å². The first kappa shape index (κ1) is 19.1. The first-order chi connectivity index (χ1) is 13.9. The highest BCUT2D eigenvalue weighted by atomic mass is 16.3. The van der Waals surface area contributed by atoms with Crippen molar-refractivity contribution in [3.63, 3.8) is 0 Å². The minimum absolute atomic E-state index is 0.253. The summed E-state index contributed by atoms with van der Waals surface area (Å²) >= 11 is 0. The largest absolute Gasteiger partial charge is 0.393 e. The van der Waals surface area contributed by atoms with Gasteiger partial charge >= 0.3 is 0 Å². The zero-order chi connectivity index (χ0) is 20.6. The van der Waals surface area contributed by atoms with E-state index in [2.05, 4.69) is 32.3 Å². The molecule has 0 saturated carbocycles. The first-order valence-corrected chi connectivity index (χ1v) is 9.38. The van der Waals surface area contributed by atoms with E-state index in [1.54, 1.807) is 19.2 Å². The Hall–Kier alpha value is -3.22. The number of nitrogens with one attached hydrogen (secondary N) is 2. The Kier molecular flexibility index (Phi) is 4.82. The number of aromatic amines is 1. The lowest BCUT2D eigenvalue weighted by Crippen LogP contribution is -2.37. The van der Waals surface area contributed by atoms with Gasteiger partial charge in [-0.3, -0.25) is 14.7 Å². The number of anilines is 1. The quantitative estimate of drug-likeness (QED) is 0.523. The predicted molar refractivity (Wildman–Crippen MR) is 103 cm³/mol. The summed E-state index contributed by atoms with van der Waals surface area (Å²) in [5, 5.41) is 29.7. The van der Waals surface area contributed by atoms with E-state index >= 15 is 0 Å². The maximum Gasteiger partial charge on any atom is 0.277 e. The molecule has 1 aliphatic heterocycles. The molecule has 29 heavy (non-hydrogen) atoms. The summed E-state index contributed by atoms with van der Waals surface area (Å²) < 4.78 is 0. The second-order valence-corrected chi connectivity index (χ2v) is 7.40. The van der Waals surface area contributed by atoms with Crippen LogP contribution >= 0.6 is 0 Å². The van der Waals surface area contributed by atoms with Crippen molar-refractivity contribution in [3.05, 3.63) is 40.8 Å². The van der Waals surface area contributed by atoms with E-state index in [1.165, 1.54) is 11.1 Å². The summed E-state index contributed by atoms with van der Waals surface area (Å²) in [5.41, 5.74) is 0.716. The molecule has 0 aromatic carbocycles. The molecule has 0 unspecified atom stereocenters. The number of likely N-dealkylation sites (tertiary alicyclic amines) is 1. The van der Waals surface area contributed by atoms with Gasteiger partial charge < -0.3 is 20.4 Å². The lowest BCUT2D eigenvalue weighted by atomic mass is 9.93. The Morgan fingerprint density at radius 3 is 3.07 bits per heavy atom. The monoisotopic (exact) mass is 395 g/mol. The third kappa shape index (κ3) is 3.72. The Morgan fingerprint density at radius 2 is 2.31 bits per heavy atom. The topological polar surface area (TPSA) is 131 Å². The molecule has 2 aliphatic rings. The number of amides is 2. The molecule has 1 saturated heterocycles. The van der Waals surface area contributed by atoms with E-state index in [0.717, 1.165) is 11.3 Å². The zero-order valence-electron chi connectivity index (χ0n) is 15.9. The smallest absolute Gasteiger partial charge is 0.277 e. The van der Waals surface area contributed by atoms with Gasteiger partial charge in [0, 0.05) is 49.5 Å². The van der Waals surface area contributed by atoms with Crippen LogP contribution in [-0.2, 0) is 17.6 Å². The molecule has 9 heteroatoms. The van der Waals surface area contributed by atoms with Gasteiger partial charge in [0.15, 0.2) is 5.69 Å². The fourth-order valence-corrected chi connectivity index (χ4v) is 3.57. The van der Waals surface area contributed by atoms with Crippen molar-refractivity contribution >= 4 is 17.6 Å². The Labute approximate surface area is 167 Å². The van der Waals surface area contributed by atoms with Crippen molar-refractivity contribution in [3.8, 4) is 11.8 Å². The first-order valence-electron chi connectivity index (χ1n) is 9.38. The predicted octanol–water partition coefficient (Wildman–Crippen LogP) is -0.149. The van der Waals surface area contributed by atoms with E-state index in [0.29, 0.717) is 37.1 Å². The van der Waals surface area contributed by atoms with Gasteiger partial charge in [-0.05, 0) is 25.0 Å². The molecule has 2 aromatic rings. The van der Waals surface area contributed by atoms with Gasteiger partial charge in [-0.1, -0.05) is 11.8 Å². The molecular formula is C20H21N5O4. The zero-order valence-corrected chi connectivity index (χ0v) is 15.9. The maximum absolute atomic E-state index is 12.6. The Morgan fingerprint density at radius 1 is 1.48 bits per heavy atom. The Balaban J connectivity index is 1.50. The van der Waals surface area contributed by atoms with Gasteiger partial charge in [0.05, 0.1) is 6.10 Å². The molecule has 4 rings (SSSR count). The SMILES string of the molecule is CN1CC[C@@](O)(C#Cc2ccnc(NC(=O)c3n[nH]c4c3CC[C@@H](O)C4)c2)C1=O. The number of carbonyl (C=O) groups is 2. The molecule has 4 N–H and O–H groups in total. The van der Waals surface area contributed by atoms with Crippen molar-refractivity contribution in [2.45, 2.75) is 37.4 Å². The molecule has 1 aliphatic carbocycles. The molecule has 0 bridgehead atoms. The van der Waals surface area contributed by atoms with Crippen molar-refractivity contribution in [2.24, 2.45) is 0 Å². The van der Waals surface area contributed by atoms with Gasteiger partial charge in [0.1, 0.15) is 5.82 Å².